The molecule has 1 aliphatic heterocycles. The second-order valence-electron chi connectivity index (χ2n) is 5.96. The smallest absolute Gasteiger partial charge is 0.227 e. The fourth-order valence-corrected chi connectivity index (χ4v) is 2.68. The molecule has 1 unspecified atom stereocenters. The predicted molar refractivity (Wildman–Crippen MR) is 88.3 cm³/mol. The summed E-state index contributed by atoms with van der Waals surface area (Å²) in [4.78, 5) is 12.3. The molecule has 0 aliphatic carbocycles. The van der Waals surface area contributed by atoms with Crippen molar-refractivity contribution in [3.8, 4) is 5.75 Å². The summed E-state index contributed by atoms with van der Waals surface area (Å²) in [6.45, 7) is 4.74. The summed E-state index contributed by atoms with van der Waals surface area (Å²) in [5.41, 5.74) is 1.04. The molecular formula is C18H22N2O2. The number of amides is 1. The molecule has 0 radical (unpaired) electrons. The first kappa shape index (κ1) is 14.9. The highest BCUT2D eigenvalue weighted by Crippen LogP contribution is 2.25. The van der Waals surface area contributed by atoms with Gasteiger partial charge in [-0.05, 0) is 35.4 Å². The Morgan fingerprint density at radius 1 is 1.27 bits per heavy atom. The molecule has 116 valence electrons. The van der Waals surface area contributed by atoms with E-state index in [0.29, 0.717) is 5.92 Å². The third-order valence-corrected chi connectivity index (χ3v) is 4.40. The average Bonchev–Trinajstić information content (AvgIpc) is 2.51. The number of nitrogens with one attached hydrogen (secondary N) is 2. The van der Waals surface area contributed by atoms with Crippen LogP contribution < -0.4 is 15.4 Å². The van der Waals surface area contributed by atoms with Crippen molar-refractivity contribution in [3.63, 3.8) is 0 Å². The summed E-state index contributed by atoms with van der Waals surface area (Å²) < 4.78 is 5.24. The summed E-state index contributed by atoms with van der Waals surface area (Å²) in [5, 5.41) is 8.51. The SMILES string of the molecule is COc1ccc2cc(C(C)C(=O)NCC3CNC3)ccc2c1. The van der Waals surface area contributed by atoms with Crippen LogP contribution in [-0.4, -0.2) is 32.7 Å². The lowest BCUT2D eigenvalue weighted by molar-refractivity contribution is -0.122. The molecule has 2 aromatic rings. The van der Waals surface area contributed by atoms with E-state index in [0.717, 1.165) is 41.7 Å². The van der Waals surface area contributed by atoms with Gasteiger partial charge in [0.25, 0.3) is 0 Å². The number of benzene rings is 2. The van der Waals surface area contributed by atoms with Crippen LogP contribution in [0.4, 0.5) is 0 Å². The highest BCUT2D eigenvalue weighted by atomic mass is 16.5. The molecule has 4 nitrogen and oxygen atoms in total. The third kappa shape index (κ3) is 3.07. The highest BCUT2D eigenvalue weighted by molar-refractivity contribution is 5.88. The van der Waals surface area contributed by atoms with E-state index in [2.05, 4.69) is 16.7 Å². The van der Waals surface area contributed by atoms with Crippen LogP contribution in [0.2, 0.25) is 0 Å². The lowest BCUT2D eigenvalue weighted by Crippen LogP contribution is -2.48. The maximum atomic E-state index is 12.3. The first-order valence-electron chi connectivity index (χ1n) is 7.73. The lowest BCUT2D eigenvalue weighted by Gasteiger charge is -2.27. The maximum absolute atomic E-state index is 12.3. The van der Waals surface area contributed by atoms with Crippen LogP contribution >= 0.6 is 0 Å². The van der Waals surface area contributed by atoms with Crippen molar-refractivity contribution in [1.29, 1.82) is 0 Å². The van der Waals surface area contributed by atoms with Gasteiger partial charge >= 0.3 is 0 Å². The molecule has 0 saturated carbocycles. The Morgan fingerprint density at radius 3 is 2.68 bits per heavy atom. The molecule has 1 saturated heterocycles. The molecule has 22 heavy (non-hydrogen) atoms. The van der Waals surface area contributed by atoms with Crippen molar-refractivity contribution in [2.75, 3.05) is 26.7 Å². The fourth-order valence-electron chi connectivity index (χ4n) is 2.68. The van der Waals surface area contributed by atoms with Crippen molar-refractivity contribution in [2.24, 2.45) is 5.92 Å². The zero-order chi connectivity index (χ0) is 15.5. The minimum absolute atomic E-state index is 0.0970. The molecule has 0 aromatic heterocycles. The van der Waals surface area contributed by atoms with Crippen molar-refractivity contribution >= 4 is 16.7 Å². The predicted octanol–water partition coefficient (Wildman–Crippen LogP) is 2.29. The van der Waals surface area contributed by atoms with Gasteiger partial charge < -0.3 is 15.4 Å². The van der Waals surface area contributed by atoms with Crippen molar-refractivity contribution in [1.82, 2.24) is 10.6 Å². The Balaban J connectivity index is 1.72. The van der Waals surface area contributed by atoms with Gasteiger partial charge in [0.2, 0.25) is 5.91 Å². The molecule has 0 spiro atoms. The molecule has 2 aromatic carbocycles. The van der Waals surface area contributed by atoms with E-state index in [-0.39, 0.29) is 11.8 Å². The molecule has 1 amide bonds. The van der Waals surface area contributed by atoms with Crippen LogP contribution in [0.3, 0.4) is 0 Å². The largest absolute Gasteiger partial charge is 0.497 e. The number of carbonyl (C=O) groups excluding carboxylic acids is 1. The fraction of sp³-hybridized carbons (Fsp3) is 0.389. The van der Waals surface area contributed by atoms with Gasteiger partial charge in [0.1, 0.15) is 5.75 Å². The van der Waals surface area contributed by atoms with E-state index in [4.69, 9.17) is 4.74 Å². The zero-order valence-corrected chi connectivity index (χ0v) is 13.1. The molecule has 1 fully saturated rings. The zero-order valence-electron chi connectivity index (χ0n) is 13.1. The van der Waals surface area contributed by atoms with Crippen LogP contribution in [0, 0.1) is 5.92 Å². The Morgan fingerprint density at radius 2 is 2.00 bits per heavy atom. The average molecular weight is 298 g/mol. The standard InChI is InChI=1S/C18H22N2O2/c1-12(18(21)20-11-13-9-19-10-13)14-3-4-16-8-17(22-2)6-5-15(16)7-14/h3-8,12-13,19H,9-11H2,1-2H3,(H,20,21). The number of rotatable bonds is 5. The van der Waals surface area contributed by atoms with Gasteiger partial charge in [0, 0.05) is 25.6 Å². The lowest BCUT2D eigenvalue weighted by atomic mass is 9.96. The molecule has 1 aliphatic rings. The van der Waals surface area contributed by atoms with E-state index in [9.17, 15) is 4.79 Å². The number of fused-ring (bicyclic) bond motifs is 1. The molecule has 0 bridgehead atoms. The van der Waals surface area contributed by atoms with Crippen LogP contribution in [0.5, 0.6) is 5.75 Å². The van der Waals surface area contributed by atoms with Gasteiger partial charge in [-0.3, -0.25) is 4.79 Å². The highest BCUT2D eigenvalue weighted by Gasteiger charge is 2.20. The second-order valence-corrected chi connectivity index (χ2v) is 5.96. The number of ether oxygens (including phenoxy) is 1. The molecule has 3 rings (SSSR count). The van der Waals surface area contributed by atoms with Crippen molar-refractivity contribution in [3.05, 3.63) is 42.0 Å². The van der Waals surface area contributed by atoms with Crippen molar-refractivity contribution in [2.45, 2.75) is 12.8 Å². The van der Waals surface area contributed by atoms with Crippen LogP contribution in [0.15, 0.2) is 36.4 Å². The van der Waals surface area contributed by atoms with E-state index in [1.807, 2.05) is 37.3 Å². The summed E-state index contributed by atoms with van der Waals surface area (Å²) >= 11 is 0. The van der Waals surface area contributed by atoms with Gasteiger partial charge in [-0.2, -0.15) is 0 Å². The van der Waals surface area contributed by atoms with E-state index >= 15 is 0 Å². The van der Waals surface area contributed by atoms with Gasteiger partial charge in [-0.15, -0.1) is 0 Å². The molecule has 2 N–H and O–H groups in total. The number of methoxy groups -OCH3 is 1. The minimum Gasteiger partial charge on any atom is -0.497 e. The summed E-state index contributed by atoms with van der Waals surface area (Å²) in [6, 6.07) is 12.1. The Kier molecular flexibility index (Phi) is 4.29. The van der Waals surface area contributed by atoms with Gasteiger partial charge in [-0.25, -0.2) is 0 Å². The molecule has 1 heterocycles. The Labute approximate surface area is 130 Å². The number of carbonyl (C=O) groups is 1. The van der Waals surface area contributed by atoms with Gasteiger partial charge in [0.05, 0.1) is 13.0 Å². The molecular weight excluding hydrogens is 276 g/mol. The third-order valence-electron chi connectivity index (χ3n) is 4.40. The summed E-state index contributed by atoms with van der Waals surface area (Å²) in [6.07, 6.45) is 0. The van der Waals surface area contributed by atoms with Crippen LogP contribution in [0.25, 0.3) is 10.8 Å². The van der Waals surface area contributed by atoms with Crippen molar-refractivity contribution < 1.29 is 9.53 Å². The van der Waals surface area contributed by atoms with E-state index < -0.39 is 0 Å². The van der Waals surface area contributed by atoms with Crippen LogP contribution in [0.1, 0.15) is 18.4 Å². The monoisotopic (exact) mass is 298 g/mol. The number of hydrogen-bond acceptors (Lipinski definition) is 3. The maximum Gasteiger partial charge on any atom is 0.227 e. The Bertz CT molecular complexity index is 680. The van der Waals surface area contributed by atoms with Gasteiger partial charge in [0.15, 0.2) is 0 Å². The Hall–Kier alpha value is -2.07. The normalized spacial score (nSPS) is 16.1. The summed E-state index contributed by atoms with van der Waals surface area (Å²) in [7, 11) is 1.67. The van der Waals surface area contributed by atoms with Gasteiger partial charge in [-0.1, -0.05) is 24.3 Å². The quantitative estimate of drug-likeness (QED) is 0.890. The minimum atomic E-state index is -0.139. The second kappa shape index (κ2) is 6.36. The summed E-state index contributed by atoms with van der Waals surface area (Å²) in [5.74, 6) is 1.39. The van der Waals surface area contributed by atoms with E-state index in [1.165, 1.54) is 0 Å². The van der Waals surface area contributed by atoms with E-state index in [1.54, 1.807) is 7.11 Å². The molecule has 1 atom stereocenters. The first-order chi connectivity index (χ1) is 10.7. The molecule has 4 heteroatoms. The topological polar surface area (TPSA) is 50.4 Å². The first-order valence-corrected chi connectivity index (χ1v) is 7.73. The van der Waals surface area contributed by atoms with Crippen LogP contribution in [-0.2, 0) is 4.79 Å². The number of hydrogen-bond donors (Lipinski definition) is 2.